The number of nitrogens with zero attached hydrogens (tertiary/aromatic N) is 2. The molecule has 2 rings (SSSR count). The number of piperazine rings is 1. The molecular weight excluding hydrogens is 386 g/mol. The molecule has 1 aliphatic heterocycles. The zero-order valence-electron chi connectivity index (χ0n) is 14.7. The third kappa shape index (κ3) is 6.66. The largest absolute Gasteiger partial charge is 0.492 e. The number of carbonyl (C=O) groups excluding carboxylic acids is 2. The molecule has 0 saturated carbocycles. The zero-order chi connectivity index (χ0) is 18.1. The Bertz CT molecular complexity index is 574. The van der Waals surface area contributed by atoms with Gasteiger partial charge in [0.2, 0.25) is 11.8 Å². The second-order valence-electron chi connectivity index (χ2n) is 5.99. The normalized spacial score (nSPS) is 15.0. The van der Waals surface area contributed by atoms with Gasteiger partial charge in [-0.3, -0.25) is 14.5 Å². The van der Waals surface area contributed by atoms with Gasteiger partial charge in [0.15, 0.2) is 0 Å². The molecule has 6 nitrogen and oxygen atoms in total. The highest BCUT2D eigenvalue weighted by molar-refractivity contribution is 9.10. The molecule has 0 bridgehead atoms. The Morgan fingerprint density at radius 3 is 2.60 bits per heavy atom. The summed E-state index contributed by atoms with van der Waals surface area (Å²) in [6.07, 6.45) is 1.18. The number of likely N-dealkylation sites (N-methyl/N-ethyl adjacent to an activating group) is 1. The first-order chi connectivity index (χ1) is 12.1. The van der Waals surface area contributed by atoms with E-state index in [1.165, 1.54) is 0 Å². The van der Waals surface area contributed by atoms with Crippen molar-refractivity contribution in [2.45, 2.75) is 19.8 Å². The Hall–Kier alpha value is -1.60. The van der Waals surface area contributed by atoms with Crippen LogP contribution in [0.3, 0.4) is 0 Å². The number of hydrogen-bond donors (Lipinski definition) is 1. The molecule has 25 heavy (non-hydrogen) atoms. The third-order valence-electron chi connectivity index (χ3n) is 4.10. The van der Waals surface area contributed by atoms with Crippen molar-refractivity contribution in [3.8, 4) is 5.75 Å². The van der Waals surface area contributed by atoms with Crippen LogP contribution in [0.25, 0.3) is 0 Å². The van der Waals surface area contributed by atoms with Gasteiger partial charge >= 0.3 is 0 Å². The van der Waals surface area contributed by atoms with Crippen LogP contribution in [-0.2, 0) is 9.59 Å². The van der Waals surface area contributed by atoms with Crippen molar-refractivity contribution in [2.75, 3.05) is 45.9 Å². The van der Waals surface area contributed by atoms with Gasteiger partial charge in [-0.1, -0.05) is 12.1 Å². The van der Waals surface area contributed by atoms with E-state index in [-0.39, 0.29) is 11.8 Å². The molecule has 2 amide bonds. The summed E-state index contributed by atoms with van der Waals surface area (Å²) in [6, 6.07) is 7.69. The van der Waals surface area contributed by atoms with Gasteiger partial charge in [-0.25, -0.2) is 0 Å². The summed E-state index contributed by atoms with van der Waals surface area (Å²) in [6.45, 7) is 6.36. The van der Waals surface area contributed by atoms with Gasteiger partial charge in [-0.05, 0) is 41.4 Å². The lowest BCUT2D eigenvalue weighted by atomic mass is 10.2. The van der Waals surface area contributed by atoms with Crippen LogP contribution in [0.15, 0.2) is 28.7 Å². The van der Waals surface area contributed by atoms with Crippen LogP contribution in [-0.4, -0.2) is 67.5 Å². The highest BCUT2D eigenvalue weighted by atomic mass is 79.9. The molecule has 1 fully saturated rings. The van der Waals surface area contributed by atoms with Crippen LogP contribution in [0.2, 0.25) is 0 Å². The maximum absolute atomic E-state index is 12.3. The van der Waals surface area contributed by atoms with Gasteiger partial charge in [0.05, 0.1) is 17.6 Å². The molecule has 0 aromatic heterocycles. The summed E-state index contributed by atoms with van der Waals surface area (Å²) in [5.41, 5.74) is 0. The summed E-state index contributed by atoms with van der Waals surface area (Å²) in [5, 5.41) is 2.80. The molecule has 0 radical (unpaired) electrons. The van der Waals surface area contributed by atoms with Crippen LogP contribution in [0.4, 0.5) is 0 Å². The first-order valence-electron chi connectivity index (χ1n) is 8.74. The third-order valence-corrected chi connectivity index (χ3v) is 4.75. The number of para-hydroxylation sites is 1. The van der Waals surface area contributed by atoms with E-state index >= 15 is 0 Å². The zero-order valence-corrected chi connectivity index (χ0v) is 16.3. The summed E-state index contributed by atoms with van der Waals surface area (Å²) in [4.78, 5) is 27.8. The van der Waals surface area contributed by atoms with E-state index in [1.54, 1.807) is 0 Å². The highest BCUT2D eigenvalue weighted by Gasteiger charge is 2.21. The number of carbonyl (C=O) groups is 2. The Kier molecular flexibility index (Phi) is 8.21. The van der Waals surface area contributed by atoms with Crippen molar-refractivity contribution in [1.82, 2.24) is 15.1 Å². The number of benzene rings is 1. The molecule has 1 N–H and O–H groups in total. The van der Waals surface area contributed by atoms with E-state index in [4.69, 9.17) is 4.74 Å². The van der Waals surface area contributed by atoms with Crippen LogP contribution < -0.4 is 10.1 Å². The fourth-order valence-corrected chi connectivity index (χ4v) is 3.14. The fraction of sp³-hybridized carbons (Fsp3) is 0.556. The second-order valence-corrected chi connectivity index (χ2v) is 6.85. The van der Waals surface area contributed by atoms with Gasteiger partial charge in [0, 0.05) is 39.1 Å². The van der Waals surface area contributed by atoms with Crippen molar-refractivity contribution in [1.29, 1.82) is 0 Å². The lowest BCUT2D eigenvalue weighted by Crippen LogP contribution is -2.51. The molecule has 1 aromatic rings. The predicted molar refractivity (Wildman–Crippen MR) is 101 cm³/mol. The van der Waals surface area contributed by atoms with E-state index in [1.807, 2.05) is 36.1 Å². The fourth-order valence-electron chi connectivity index (χ4n) is 2.74. The van der Waals surface area contributed by atoms with Gasteiger partial charge in [-0.2, -0.15) is 0 Å². The Balaban J connectivity index is 1.62. The van der Waals surface area contributed by atoms with E-state index in [2.05, 4.69) is 26.1 Å². The highest BCUT2D eigenvalue weighted by Crippen LogP contribution is 2.23. The van der Waals surface area contributed by atoms with E-state index in [9.17, 15) is 9.59 Å². The maximum atomic E-state index is 12.3. The summed E-state index contributed by atoms with van der Waals surface area (Å²) >= 11 is 3.44. The van der Waals surface area contributed by atoms with Gasteiger partial charge in [0.1, 0.15) is 5.75 Å². The second kappa shape index (κ2) is 10.4. The number of rotatable bonds is 8. The molecule has 1 aromatic carbocycles. The molecule has 0 spiro atoms. The number of nitrogens with one attached hydrogen (secondary N) is 1. The Labute approximate surface area is 157 Å². The summed E-state index contributed by atoms with van der Waals surface area (Å²) in [5.74, 6) is 1.01. The molecule has 1 saturated heterocycles. The van der Waals surface area contributed by atoms with E-state index in [0.717, 1.165) is 23.3 Å². The lowest BCUT2D eigenvalue weighted by Gasteiger charge is -2.34. The number of halogens is 1. The van der Waals surface area contributed by atoms with Crippen molar-refractivity contribution in [3.05, 3.63) is 28.7 Å². The van der Waals surface area contributed by atoms with Crippen LogP contribution in [0, 0.1) is 0 Å². The summed E-state index contributed by atoms with van der Waals surface area (Å²) in [7, 11) is 0. The van der Waals surface area contributed by atoms with Gasteiger partial charge < -0.3 is 15.0 Å². The van der Waals surface area contributed by atoms with E-state index < -0.39 is 0 Å². The number of ether oxygens (including phenoxy) is 1. The monoisotopic (exact) mass is 411 g/mol. The minimum Gasteiger partial charge on any atom is -0.492 e. The molecule has 1 aliphatic rings. The van der Waals surface area contributed by atoms with Crippen molar-refractivity contribution >= 4 is 27.7 Å². The Morgan fingerprint density at radius 2 is 1.92 bits per heavy atom. The van der Waals surface area contributed by atoms with Crippen LogP contribution in [0.5, 0.6) is 5.75 Å². The molecule has 1 heterocycles. The molecule has 0 atom stereocenters. The quantitative estimate of drug-likeness (QED) is 0.663. The average molecular weight is 412 g/mol. The maximum Gasteiger partial charge on any atom is 0.234 e. The first kappa shape index (κ1) is 19.7. The summed E-state index contributed by atoms with van der Waals surface area (Å²) < 4.78 is 6.61. The van der Waals surface area contributed by atoms with Crippen LogP contribution in [0.1, 0.15) is 19.8 Å². The molecule has 7 heteroatoms. The van der Waals surface area contributed by atoms with Crippen molar-refractivity contribution < 1.29 is 14.3 Å². The van der Waals surface area contributed by atoms with Crippen molar-refractivity contribution in [2.24, 2.45) is 0 Å². The van der Waals surface area contributed by atoms with Crippen LogP contribution >= 0.6 is 15.9 Å². The SMILES string of the molecule is CCNC(=O)CN1CCN(C(=O)CCCOc2ccccc2Br)CC1. The average Bonchev–Trinajstić information content (AvgIpc) is 2.61. The predicted octanol–water partition coefficient (Wildman–Crippen LogP) is 1.89. The molecule has 138 valence electrons. The van der Waals surface area contributed by atoms with Crippen molar-refractivity contribution in [3.63, 3.8) is 0 Å². The number of hydrogen-bond acceptors (Lipinski definition) is 4. The molecular formula is C18H26BrN3O3. The molecule has 0 aliphatic carbocycles. The molecule has 0 unspecified atom stereocenters. The lowest BCUT2D eigenvalue weighted by molar-refractivity contribution is -0.133. The topological polar surface area (TPSA) is 61.9 Å². The smallest absolute Gasteiger partial charge is 0.234 e. The van der Waals surface area contributed by atoms with Gasteiger partial charge in [-0.15, -0.1) is 0 Å². The minimum atomic E-state index is 0.0477. The minimum absolute atomic E-state index is 0.0477. The standard InChI is InChI=1S/C18H26BrN3O3/c1-2-20-17(23)14-21-9-11-22(12-10-21)18(24)8-5-13-25-16-7-4-3-6-15(16)19/h3-4,6-7H,2,5,8-14H2,1H3,(H,20,23). The Morgan fingerprint density at radius 1 is 1.20 bits per heavy atom. The number of amides is 2. The van der Waals surface area contributed by atoms with E-state index in [0.29, 0.717) is 45.6 Å². The first-order valence-corrected chi connectivity index (χ1v) is 9.53. The van der Waals surface area contributed by atoms with Gasteiger partial charge in [0.25, 0.3) is 0 Å².